The summed E-state index contributed by atoms with van der Waals surface area (Å²) in [6.45, 7) is 3.90. The highest BCUT2D eigenvalue weighted by molar-refractivity contribution is 5.96. The van der Waals surface area contributed by atoms with Crippen LogP contribution in [0.25, 0.3) is 11.0 Å². The Labute approximate surface area is 169 Å². The maximum atomic E-state index is 12.7. The second kappa shape index (κ2) is 8.39. The first-order chi connectivity index (χ1) is 14.1. The van der Waals surface area contributed by atoms with E-state index in [1.807, 2.05) is 60.4 Å². The van der Waals surface area contributed by atoms with Gasteiger partial charge < -0.3 is 20.0 Å². The number of rotatable bonds is 4. The summed E-state index contributed by atoms with van der Waals surface area (Å²) >= 11 is 0. The Morgan fingerprint density at radius 2 is 1.79 bits per heavy atom. The number of fused-ring (bicyclic) bond motifs is 1. The molecule has 0 atom stereocenters. The second-order valence-electron chi connectivity index (χ2n) is 7.53. The van der Waals surface area contributed by atoms with E-state index >= 15 is 0 Å². The molecule has 29 heavy (non-hydrogen) atoms. The predicted molar refractivity (Wildman–Crippen MR) is 113 cm³/mol. The molecule has 0 unspecified atom stereocenters. The molecule has 2 heterocycles. The van der Waals surface area contributed by atoms with Crippen LogP contribution in [0.3, 0.4) is 0 Å². The Morgan fingerprint density at radius 1 is 1.07 bits per heavy atom. The van der Waals surface area contributed by atoms with E-state index in [-0.39, 0.29) is 11.9 Å². The van der Waals surface area contributed by atoms with Crippen molar-refractivity contribution in [3.8, 4) is 0 Å². The molecule has 0 bridgehead atoms. The number of carbonyl (C=O) groups excluding carboxylic acids is 2. The molecule has 1 fully saturated rings. The van der Waals surface area contributed by atoms with Gasteiger partial charge in [0.25, 0.3) is 5.91 Å². The molecular weight excluding hydrogens is 366 g/mol. The molecular formula is C23H25N3O3. The van der Waals surface area contributed by atoms with E-state index in [0.717, 1.165) is 35.1 Å². The zero-order valence-electron chi connectivity index (χ0n) is 16.5. The van der Waals surface area contributed by atoms with Crippen molar-refractivity contribution in [2.45, 2.75) is 19.8 Å². The van der Waals surface area contributed by atoms with Gasteiger partial charge in [-0.2, -0.15) is 0 Å². The molecule has 1 aliphatic heterocycles. The smallest absolute Gasteiger partial charge is 0.319 e. The predicted octanol–water partition coefficient (Wildman–Crippen LogP) is 4.42. The summed E-state index contributed by atoms with van der Waals surface area (Å²) in [6, 6.07) is 16.9. The minimum atomic E-state index is -0.194. The van der Waals surface area contributed by atoms with Gasteiger partial charge in [0.1, 0.15) is 5.58 Å². The summed E-state index contributed by atoms with van der Waals surface area (Å²) in [7, 11) is 0. The topological polar surface area (TPSA) is 74.6 Å². The Kier molecular flexibility index (Phi) is 5.51. The highest BCUT2D eigenvalue weighted by atomic mass is 16.3. The molecule has 1 saturated heterocycles. The Balaban J connectivity index is 1.25. The largest absolute Gasteiger partial charge is 0.451 e. The molecule has 2 N–H and O–H groups in total. The maximum Gasteiger partial charge on any atom is 0.319 e. The summed E-state index contributed by atoms with van der Waals surface area (Å²) in [5.74, 6) is 0.683. The van der Waals surface area contributed by atoms with Crippen LogP contribution in [0.4, 0.5) is 10.5 Å². The fourth-order valence-corrected chi connectivity index (χ4v) is 3.70. The van der Waals surface area contributed by atoms with Gasteiger partial charge in [0, 0.05) is 30.7 Å². The Hall–Kier alpha value is -3.28. The molecule has 2 aromatic carbocycles. The van der Waals surface area contributed by atoms with Gasteiger partial charge in [0.2, 0.25) is 0 Å². The van der Waals surface area contributed by atoms with Crippen LogP contribution in [-0.4, -0.2) is 36.5 Å². The van der Waals surface area contributed by atoms with Crippen molar-refractivity contribution in [1.29, 1.82) is 0 Å². The number of furan rings is 1. The van der Waals surface area contributed by atoms with Crippen LogP contribution in [0.2, 0.25) is 0 Å². The number of benzene rings is 2. The summed E-state index contributed by atoms with van der Waals surface area (Å²) in [5, 5.41) is 6.77. The van der Waals surface area contributed by atoms with Gasteiger partial charge in [-0.1, -0.05) is 36.4 Å². The van der Waals surface area contributed by atoms with Gasteiger partial charge >= 0.3 is 6.03 Å². The minimum absolute atomic E-state index is 0.0649. The van der Waals surface area contributed by atoms with Crippen LogP contribution in [0.15, 0.2) is 59.0 Å². The molecule has 0 aliphatic carbocycles. The lowest BCUT2D eigenvalue weighted by Crippen LogP contribution is -2.42. The van der Waals surface area contributed by atoms with Crippen LogP contribution >= 0.6 is 0 Å². The normalized spacial score (nSPS) is 14.7. The number of likely N-dealkylation sites (tertiary alicyclic amines) is 1. The number of para-hydroxylation sites is 2. The number of aryl methyl sites for hydroxylation is 1. The molecule has 4 rings (SSSR count). The van der Waals surface area contributed by atoms with Crippen LogP contribution in [0.1, 0.15) is 29.0 Å². The van der Waals surface area contributed by atoms with Gasteiger partial charge in [-0.15, -0.1) is 0 Å². The molecule has 6 heteroatoms. The molecule has 0 radical (unpaired) electrons. The summed E-state index contributed by atoms with van der Waals surface area (Å²) in [5.41, 5.74) is 2.57. The summed E-state index contributed by atoms with van der Waals surface area (Å²) < 4.78 is 5.70. The molecule has 6 nitrogen and oxygen atoms in total. The monoisotopic (exact) mass is 391 g/mol. The van der Waals surface area contributed by atoms with E-state index in [1.165, 1.54) is 0 Å². The van der Waals surface area contributed by atoms with Crippen LogP contribution < -0.4 is 10.6 Å². The first-order valence-corrected chi connectivity index (χ1v) is 9.98. The maximum absolute atomic E-state index is 12.7. The van der Waals surface area contributed by atoms with Gasteiger partial charge in [-0.3, -0.25) is 4.79 Å². The first kappa shape index (κ1) is 19.1. The first-order valence-electron chi connectivity index (χ1n) is 9.98. The number of hydrogen-bond acceptors (Lipinski definition) is 3. The van der Waals surface area contributed by atoms with Crippen LogP contribution in [0.5, 0.6) is 0 Å². The number of urea groups is 1. The molecule has 0 saturated carbocycles. The number of nitrogens with zero attached hydrogens (tertiary/aromatic N) is 1. The average Bonchev–Trinajstić information content (AvgIpc) is 3.18. The van der Waals surface area contributed by atoms with Crippen molar-refractivity contribution in [3.05, 3.63) is 65.9 Å². The number of carbonyl (C=O) groups is 2. The third-order valence-electron chi connectivity index (χ3n) is 5.48. The standard InChI is InChI=1S/C23H25N3O3/c1-16-6-2-4-8-19(16)25-23(28)24-15-17-10-12-26(13-11-17)22(27)21-14-18-7-3-5-9-20(18)29-21/h2-9,14,17H,10-13,15H2,1H3,(H2,24,25,28). The van der Waals surface area contributed by atoms with E-state index in [9.17, 15) is 9.59 Å². The summed E-state index contributed by atoms with van der Waals surface area (Å²) in [4.78, 5) is 26.7. The van der Waals surface area contributed by atoms with Crippen molar-refractivity contribution in [2.75, 3.05) is 25.0 Å². The van der Waals surface area contributed by atoms with Gasteiger partial charge in [-0.25, -0.2) is 4.79 Å². The number of hydrogen-bond donors (Lipinski definition) is 2. The van der Waals surface area contributed by atoms with Gasteiger partial charge in [-0.05, 0) is 49.4 Å². The zero-order valence-corrected chi connectivity index (χ0v) is 16.5. The molecule has 1 aromatic heterocycles. The summed E-state index contributed by atoms with van der Waals surface area (Å²) in [6.07, 6.45) is 1.72. The molecule has 1 aliphatic rings. The SMILES string of the molecule is Cc1ccccc1NC(=O)NCC1CCN(C(=O)c2cc3ccccc3o2)CC1. The number of anilines is 1. The Morgan fingerprint density at radius 3 is 2.55 bits per heavy atom. The lowest BCUT2D eigenvalue weighted by atomic mass is 9.96. The number of nitrogens with one attached hydrogen (secondary N) is 2. The second-order valence-corrected chi connectivity index (χ2v) is 7.53. The fourth-order valence-electron chi connectivity index (χ4n) is 3.70. The van der Waals surface area contributed by atoms with E-state index in [0.29, 0.717) is 31.3 Å². The fraction of sp³-hybridized carbons (Fsp3) is 0.304. The average molecular weight is 391 g/mol. The lowest BCUT2D eigenvalue weighted by Gasteiger charge is -2.31. The third kappa shape index (κ3) is 4.42. The molecule has 0 spiro atoms. The minimum Gasteiger partial charge on any atom is -0.451 e. The van der Waals surface area contributed by atoms with Crippen molar-refractivity contribution < 1.29 is 14.0 Å². The number of piperidine rings is 1. The van der Waals surface area contributed by atoms with E-state index in [2.05, 4.69) is 10.6 Å². The van der Waals surface area contributed by atoms with Crippen LogP contribution in [-0.2, 0) is 0 Å². The highest BCUT2D eigenvalue weighted by Gasteiger charge is 2.26. The third-order valence-corrected chi connectivity index (χ3v) is 5.48. The highest BCUT2D eigenvalue weighted by Crippen LogP contribution is 2.23. The van der Waals surface area contributed by atoms with E-state index < -0.39 is 0 Å². The van der Waals surface area contributed by atoms with E-state index in [1.54, 1.807) is 6.07 Å². The number of amides is 3. The van der Waals surface area contributed by atoms with Crippen molar-refractivity contribution in [2.24, 2.45) is 5.92 Å². The Bertz CT molecular complexity index is 986. The molecule has 3 aromatic rings. The molecule has 150 valence electrons. The van der Waals surface area contributed by atoms with Crippen molar-refractivity contribution >= 4 is 28.6 Å². The zero-order chi connectivity index (χ0) is 20.2. The molecule has 3 amide bonds. The van der Waals surface area contributed by atoms with Crippen molar-refractivity contribution in [3.63, 3.8) is 0 Å². The van der Waals surface area contributed by atoms with Gasteiger partial charge in [0.15, 0.2) is 5.76 Å². The van der Waals surface area contributed by atoms with Crippen molar-refractivity contribution in [1.82, 2.24) is 10.2 Å². The quantitative estimate of drug-likeness (QED) is 0.692. The van der Waals surface area contributed by atoms with Crippen LogP contribution in [0, 0.1) is 12.8 Å². The van der Waals surface area contributed by atoms with Gasteiger partial charge in [0.05, 0.1) is 0 Å². The van der Waals surface area contributed by atoms with E-state index in [4.69, 9.17) is 4.42 Å². The lowest BCUT2D eigenvalue weighted by molar-refractivity contribution is 0.0661.